The Balaban J connectivity index is 1.79. The van der Waals surface area contributed by atoms with E-state index in [2.05, 4.69) is 111 Å². The van der Waals surface area contributed by atoms with Crippen LogP contribution in [0.2, 0.25) is 0 Å². The Labute approximate surface area is 166 Å². The highest BCUT2D eigenvalue weighted by Gasteiger charge is 2.12. The summed E-state index contributed by atoms with van der Waals surface area (Å²) in [6.45, 7) is 4.43. The van der Waals surface area contributed by atoms with Gasteiger partial charge in [-0.25, -0.2) is 0 Å². The molecule has 0 heteroatoms. The van der Waals surface area contributed by atoms with Gasteiger partial charge in [-0.05, 0) is 74.8 Å². The number of aryl methyl sites for hydroxylation is 2. The van der Waals surface area contributed by atoms with Crippen molar-refractivity contribution < 1.29 is 0 Å². The fourth-order valence-corrected chi connectivity index (χ4v) is 4.27. The van der Waals surface area contributed by atoms with Gasteiger partial charge in [0.1, 0.15) is 0 Å². The molecule has 5 aromatic rings. The Morgan fingerprint density at radius 2 is 1.11 bits per heavy atom. The monoisotopic (exact) mass is 358 g/mol. The van der Waals surface area contributed by atoms with Crippen LogP contribution in [0.3, 0.4) is 0 Å². The van der Waals surface area contributed by atoms with Crippen molar-refractivity contribution in [2.24, 2.45) is 0 Å². The predicted octanol–water partition coefficient (Wildman–Crippen LogP) is 7.94. The summed E-state index contributed by atoms with van der Waals surface area (Å²) >= 11 is 0. The molecule has 0 spiro atoms. The second-order valence-electron chi connectivity index (χ2n) is 7.54. The first-order valence-electron chi connectivity index (χ1n) is 9.80. The first kappa shape index (κ1) is 16.8. The maximum atomic E-state index is 2.37. The van der Waals surface area contributed by atoms with E-state index in [1.807, 2.05) is 0 Å². The van der Waals surface area contributed by atoms with E-state index in [1.54, 1.807) is 0 Å². The van der Waals surface area contributed by atoms with E-state index in [9.17, 15) is 0 Å². The molecular weight excluding hydrogens is 336 g/mol. The van der Waals surface area contributed by atoms with Crippen LogP contribution in [0.5, 0.6) is 0 Å². The van der Waals surface area contributed by atoms with Gasteiger partial charge >= 0.3 is 0 Å². The van der Waals surface area contributed by atoms with Gasteiger partial charge in [-0.15, -0.1) is 0 Å². The fourth-order valence-electron chi connectivity index (χ4n) is 4.27. The Morgan fingerprint density at radius 1 is 0.464 bits per heavy atom. The van der Waals surface area contributed by atoms with Crippen molar-refractivity contribution in [1.29, 1.82) is 0 Å². The predicted molar refractivity (Wildman–Crippen MR) is 122 cm³/mol. The van der Waals surface area contributed by atoms with Crippen molar-refractivity contribution in [2.75, 3.05) is 0 Å². The van der Waals surface area contributed by atoms with Crippen molar-refractivity contribution in [3.8, 4) is 22.3 Å². The van der Waals surface area contributed by atoms with Gasteiger partial charge in [0.15, 0.2) is 0 Å². The van der Waals surface area contributed by atoms with Crippen molar-refractivity contribution in [2.45, 2.75) is 13.8 Å². The number of rotatable bonds is 2. The number of hydrogen-bond donors (Lipinski definition) is 0. The Bertz CT molecular complexity index is 1320. The van der Waals surface area contributed by atoms with Crippen molar-refractivity contribution >= 4 is 21.5 Å². The second kappa shape index (κ2) is 6.65. The topological polar surface area (TPSA) is 0 Å². The van der Waals surface area contributed by atoms with E-state index in [4.69, 9.17) is 0 Å². The number of fused-ring (bicyclic) bond motifs is 2. The van der Waals surface area contributed by atoms with Crippen LogP contribution in [0.1, 0.15) is 11.1 Å². The minimum Gasteiger partial charge on any atom is -0.0616 e. The van der Waals surface area contributed by atoms with Gasteiger partial charge in [-0.1, -0.05) is 91.0 Å². The van der Waals surface area contributed by atoms with Crippen LogP contribution in [-0.2, 0) is 0 Å². The highest BCUT2D eigenvalue weighted by molar-refractivity contribution is 6.01. The second-order valence-corrected chi connectivity index (χ2v) is 7.54. The van der Waals surface area contributed by atoms with Gasteiger partial charge in [-0.3, -0.25) is 0 Å². The van der Waals surface area contributed by atoms with Crippen LogP contribution in [-0.4, -0.2) is 0 Å². The molecule has 0 N–H and O–H groups in total. The average Bonchev–Trinajstić information content (AvgIpc) is 2.74. The molecule has 0 nitrogen and oxygen atoms in total. The minimum atomic E-state index is 1.27. The Morgan fingerprint density at radius 3 is 1.93 bits per heavy atom. The molecular formula is C28H22. The molecule has 0 atom stereocenters. The zero-order valence-corrected chi connectivity index (χ0v) is 16.2. The zero-order chi connectivity index (χ0) is 19.1. The van der Waals surface area contributed by atoms with Gasteiger partial charge in [0, 0.05) is 0 Å². The number of hydrogen-bond acceptors (Lipinski definition) is 0. The minimum absolute atomic E-state index is 1.27. The maximum Gasteiger partial charge on any atom is -0.00732 e. The Hall–Kier alpha value is -3.38. The average molecular weight is 358 g/mol. The van der Waals surface area contributed by atoms with Crippen LogP contribution < -0.4 is 0 Å². The van der Waals surface area contributed by atoms with E-state index >= 15 is 0 Å². The molecule has 0 heterocycles. The summed E-state index contributed by atoms with van der Waals surface area (Å²) in [4.78, 5) is 0. The lowest BCUT2D eigenvalue weighted by atomic mass is 9.88. The lowest BCUT2D eigenvalue weighted by Crippen LogP contribution is -1.91. The molecule has 0 amide bonds. The molecule has 0 aliphatic carbocycles. The molecule has 0 saturated carbocycles. The van der Waals surface area contributed by atoms with E-state index in [0.29, 0.717) is 0 Å². The standard InChI is InChI=1S/C28H22/c1-19-14-17-23(25-13-7-10-21-8-3-5-11-24(21)25)18-27(19)28-20(2)15-16-22-9-4-6-12-26(22)28/h3-18H,1-2H3. The summed E-state index contributed by atoms with van der Waals surface area (Å²) in [5.41, 5.74) is 7.85. The van der Waals surface area contributed by atoms with Gasteiger partial charge < -0.3 is 0 Å². The zero-order valence-electron chi connectivity index (χ0n) is 16.2. The molecule has 0 aliphatic heterocycles. The van der Waals surface area contributed by atoms with Gasteiger partial charge in [-0.2, -0.15) is 0 Å². The molecule has 0 unspecified atom stereocenters. The normalized spacial score (nSPS) is 11.2. The largest absolute Gasteiger partial charge is 0.0616 e. The summed E-state index contributed by atoms with van der Waals surface area (Å²) in [5.74, 6) is 0. The van der Waals surface area contributed by atoms with E-state index in [-0.39, 0.29) is 0 Å². The maximum absolute atomic E-state index is 2.37. The molecule has 0 aliphatic rings. The highest BCUT2D eigenvalue weighted by atomic mass is 14.2. The van der Waals surface area contributed by atoms with E-state index in [0.717, 1.165) is 0 Å². The lowest BCUT2D eigenvalue weighted by molar-refractivity contribution is 1.43. The van der Waals surface area contributed by atoms with Gasteiger partial charge in [0.2, 0.25) is 0 Å². The first-order chi connectivity index (χ1) is 13.7. The fraction of sp³-hybridized carbons (Fsp3) is 0.0714. The molecule has 134 valence electrons. The number of benzene rings is 5. The van der Waals surface area contributed by atoms with E-state index < -0.39 is 0 Å². The van der Waals surface area contributed by atoms with Crippen LogP contribution in [0, 0.1) is 13.8 Å². The van der Waals surface area contributed by atoms with Crippen LogP contribution in [0.15, 0.2) is 97.1 Å². The highest BCUT2D eigenvalue weighted by Crippen LogP contribution is 2.37. The molecule has 0 radical (unpaired) electrons. The van der Waals surface area contributed by atoms with Crippen molar-refractivity contribution in [1.82, 2.24) is 0 Å². The molecule has 5 aromatic carbocycles. The van der Waals surface area contributed by atoms with Crippen LogP contribution >= 0.6 is 0 Å². The summed E-state index contributed by atoms with van der Waals surface area (Å²) in [7, 11) is 0. The van der Waals surface area contributed by atoms with Crippen molar-refractivity contribution in [3.05, 3.63) is 108 Å². The van der Waals surface area contributed by atoms with Gasteiger partial charge in [0.05, 0.1) is 0 Å². The molecule has 0 aromatic heterocycles. The summed E-state index contributed by atoms with van der Waals surface area (Å²) < 4.78 is 0. The SMILES string of the molecule is Cc1ccc(-c2cccc3ccccc23)cc1-c1c(C)ccc2ccccc12. The third-order valence-electron chi connectivity index (χ3n) is 5.74. The summed E-state index contributed by atoms with van der Waals surface area (Å²) in [5, 5.41) is 5.19. The third kappa shape index (κ3) is 2.70. The third-order valence-corrected chi connectivity index (χ3v) is 5.74. The molecule has 0 bridgehead atoms. The summed E-state index contributed by atoms with van der Waals surface area (Å²) in [6, 6.07) is 35.2. The lowest BCUT2D eigenvalue weighted by Gasteiger charge is -2.16. The smallest absolute Gasteiger partial charge is 0.00732 e. The van der Waals surface area contributed by atoms with Gasteiger partial charge in [0.25, 0.3) is 0 Å². The summed E-state index contributed by atoms with van der Waals surface area (Å²) in [6.07, 6.45) is 0. The molecule has 5 rings (SSSR count). The molecule has 0 fully saturated rings. The van der Waals surface area contributed by atoms with Crippen LogP contribution in [0.4, 0.5) is 0 Å². The first-order valence-corrected chi connectivity index (χ1v) is 9.80. The Kier molecular flexibility index (Phi) is 3.98. The van der Waals surface area contributed by atoms with Crippen LogP contribution in [0.25, 0.3) is 43.8 Å². The quantitative estimate of drug-likeness (QED) is 0.300. The molecule has 28 heavy (non-hydrogen) atoms. The molecule has 0 saturated heterocycles. The van der Waals surface area contributed by atoms with E-state index in [1.165, 1.54) is 54.9 Å². The van der Waals surface area contributed by atoms with Crippen molar-refractivity contribution in [3.63, 3.8) is 0 Å².